The zero-order chi connectivity index (χ0) is 15.7. The fourth-order valence-electron chi connectivity index (χ4n) is 2.23. The third-order valence-electron chi connectivity index (χ3n) is 3.22. The quantitative estimate of drug-likeness (QED) is 0.822. The number of aromatic hydroxyl groups is 1. The number of Topliss-reactive ketones (excluding diaryl/α,β-unsaturated/α-hetero) is 1. The van der Waals surface area contributed by atoms with E-state index in [9.17, 15) is 9.90 Å². The number of benzene rings is 2. The van der Waals surface area contributed by atoms with Crippen LogP contribution in [-0.2, 0) is 0 Å². The standard InChI is InChI=1S/C17H13ClO3S/c1-2-21-13-8-10(7-12(18)17(13)20)9-15-16(19)11-5-3-4-6-14(11)22-15/h3-9,20H,2H2,1H3. The topological polar surface area (TPSA) is 46.5 Å². The Kier molecular flexibility index (Phi) is 4.14. The van der Waals surface area contributed by atoms with Gasteiger partial charge in [-0.05, 0) is 42.8 Å². The van der Waals surface area contributed by atoms with E-state index in [1.807, 2.05) is 31.2 Å². The number of thioether (sulfide) groups is 1. The van der Waals surface area contributed by atoms with Crippen LogP contribution in [0, 0.1) is 0 Å². The molecule has 1 heterocycles. The number of phenolic OH excluding ortho intramolecular Hbond substituents is 1. The van der Waals surface area contributed by atoms with Crippen LogP contribution in [-0.4, -0.2) is 17.5 Å². The van der Waals surface area contributed by atoms with Gasteiger partial charge in [-0.2, -0.15) is 0 Å². The van der Waals surface area contributed by atoms with Crippen molar-refractivity contribution in [3.05, 3.63) is 57.5 Å². The van der Waals surface area contributed by atoms with Gasteiger partial charge < -0.3 is 9.84 Å². The van der Waals surface area contributed by atoms with Gasteiger partial charge in [0, 0.05) is 10.5 Å². The van der Waals surface area contributed by atoms with Gasteiger partial charge in [0.2, 0.25) is 5.78 Å². The fourth-order valence-corrected chi connectivity index (χ4v) is 3.50. The average molecular weight is 333 g/mol. The summed E-state index contributed by atoms with van der Waals surface area (Å²) in [5.74, 6) is 0.233. The molecule has 2 aromatic carbocycles. The van der Waals surface area contributed by atoms with E-state index >= 15 is 0 Å². The van der Waals surface area contributed by atoms with Crippen molar-refractivity contribution in [3.8, 4) is 11.5 Å². The number of rotatable bonds is 3. The highest BCUT2D eigenvalue weighted by Crippen LogP contribution is 2.42. The summed E-state index contributed by atoms with van der Waals surface area (Å²) in [5.41, 5.74) is 1.43. The molecule has 1 N–H and O–H groups in total. The van der Waals surface area contributed by atoms with Crippen LogP contribution in [0.1, 0.15) is 22.8 Å². The molecule has 0 radical (unpaired) electrons. The molecule has 0 amide bonds. The lowest BCUT2D eigenvalue weighted by Gasteiger charge is -2.08. The molecule has 3 nitrogen and oxygen atoms in total. The molecule has 1 aliphatic heterocycles. The smallest absolute Gasteiger partial charge is 0.200 e. The van der Waals surface area contributed by atoms with E-state index < -0.39 is 0 Å². The molecular weight excluding hydrogens is 320 g/mol. The first kappa shape index (κ1) is 15.0. The van der Waals surface area contributed by atoms with Gasteiger partial charge in [-0.3, -0.25) is 4.79 Å². The van der Waals surface area contributed by atoms with E-state index in [0.29, 0.717) is 22.8 Å². The normalized spacial score (nSPS) is 15.2. The Hall–Kier alpha value is -1.91. The molecule has 3 rings (SSSR count). The second-order valence-corrected chi connectivity index (χ2v) is 6.21. The number of phenols is 1. The van der Waals surface area contributed by atoms with Crippen molar-refractivity contribution < 1.29 is 14.6 Å². The Morgan fingerprint density at radius 2 is 2.09 bits per heavy atom. The Bertz CT molecular complexity index is 783. The number of carbonyl (C=O) groups excluding carboxylic acids is 1. The highest BCUT2D eigenvalue weighted by atomic mass is 35.5. The minimum Gasteiger partial charge on any atom is -0.503 e. The Morgan fingerprint density at radius 3 is 2.82 bits per heavy atom. The van der Waals surface area contributed by atoms with Gasteiger partial charge >= 0.3 is 0 Å². The number of allylic oxidation sites excluding steroid dienone is 1. The van der Waals surface area contributed by atoms with Gasteiger partial charge in [-0.1, -0.05) is 35.5 Å². The largest absolute Gasteiger partial charge is 0.503 e. The molecule has 0 saturated heterocycles. The number of halogens is 1. The molecule has 0 aromatic heterocycles. The van der Waals surface area contributed by atoms with Crippen molar-refractivity contribution in [1.29, 1.82) is 0 Å². The molecule has 0 aliphatic carbocycles. The van der Waals surface area contributed by atoms with E-state index in [1.54, 1.807) is 18.2 Å². The summed E-state index contributed by atoms with van der Waals surface area (Å²) in [6.07, 6.45) is 1.76. The van der Waals surface area contributed by atoms with E-state index in [-0.39, 0.29) is 16.6 Å². The lowest BCUT2D eigenvalue weighted by Crippen LogP contribution is -1.95. The molecule has 0 bridgehead atoms. The number of carbonyl (C=O) groups is 1. The average Bonchev–Trinajstić information content (AvgIpc) is 2.81. The predicted molar refractivity (Wildman–Crippen MR) is 88.9 cm³/mol. The van der Waals surface area contributed by atoms with Crippen molar-refractivity contribution in [2.45, 2.75) is 11.8 Å². The molecule has 0 spiro atoms. The summed E-state index contributed by atoms with van der Waals surface area (Å²) < 4.78 is 5.36. The fraction of sp³-hybridized carbons (Fsp3) is 0.118. The third-order valence-corrected chi connectivity index (χ3v) is 4.61. The first-order chi connectivity index (χ1) is 10.6. The van der Waals surface area contributed by atoms with Crippen LogP contribution in [0.4, 0.5) is 0 Å². The first-order valence-electron chi connectivity index (χ1n) is 6.78. The van der Waals surface area contributed by atoms with E-state index in [1.165, 1.54) is 11.8 Å². The van der Waals surface area contributed by atoms with Crippen LogP contribution < -0.4 is 4.74 Å². The molecule has 1 aliphatic rings. The second kappa shape index (κ2) is 6.07. The van der Waals surface area contributed by atoms with Crippen molar-refractivity contribution in [1.82, 2.24) is 0 Å². The summed E-state index contributed by atoms with van der Waals surface area (Å²) in [6, 6.07) is 10.8. The molecule has 5 heteroatoms. The van der Waals surface area contributed by atoms with Crippen LogP contribution in [0.5, 0.6) is 11.5 Å². The maximum atomic E-state index is 12.4. The van der Waals surface area contributed by atoms with Crippen LogP contribution in [0.25, 0.3) is 6.08 Å². The molecular formula is C17H13ClO3S. The number of hydrogen-bond donors (Lipinski definition) is 1. The third kappa shape index (κ3) is 2.72. The maximum Gasteiger partial charge on any atom is 0.200 e. The van der Waals surface area contributed by atoms with Gasteiger partial charge in [0.25, 0.3) is 0 Å². The van der Waals surface area contributed by atoms with Crippen molar-refractivity contribution in [2.75, 3.05) is 6.61 Å². The lowest BCUT2D eigenvalue weighted by atomic mass is 10.1. The molecule has 22 heavy (non-hydrogen) atoms. The summed E-state index contributed by atoms with van der Waals surface area (Å²) in [7, 11) is 0. The zero-order valence-corrected chi connectivity index (χ0v) is 13.4. The summed E-state index contributed by atoms with van der Waals surface area (Å²) in [6.45, 7) is 2.24. The van der Waals surface area contributed by atoms with Gasteiger partial charge in [0.1, 0.15) is 0 Å². The van der Waals surface area contributed by atoms with E-state index in [0.717, 1.165) is 10.5 Å². The van der Waals surface area contributed by atoms with E-state index in [4.69, 9.17) is 16.3 Å². The molecule has 112 valence electrons. The minimum absolute atomic E-state index is 0.00255. The van der Waals surface area contributed by atoms with Gasteiger partial charge in [-0.15, -0.1) is 0 Å². The van der Waals surface area contributed by atoms with Crippen LogP contribution in [0.3, 0.4) is 0 Å². The van der Waals surface area contributed by atoms with Gasteiger partial charge in [0.15, 0.2) is 11.5 Å². The summed E-state index contributed by atoms with van der Waals surface area (Å²) in [4.78, 5) is 13.9. The van der Waals surface area contributed by atoms with Crippen LogP contribution >= 0.6 is 23.4 Å². The zero-order valence-electron chi connectivity index (χ0n) is 11.8. The summed E-state index contributed by atoms with van der Waals surface area (Å²) in [5, 5.41) is 10.1. The van der Waals surface area contributed by atoms with Gasteiger partial charge in [-0.25, -0.2) is 0 Å². The molecule has 0 fully saturated rings. The predicted octanol–water partition coefficient (Wildman–Crippen LogP) is 4.77. The van der Waals surface area contributed by atoms with Crippen LogP contribution in [0.2, 0.25) is 5.02 Å². The van der Waals surface area contributed by atoms with E-state index in [2.05, 4.69) is 0 Å². The molecule has 0 unspecified atom stereocenters. The minimum atomic E-state index is -0.0839. The maximum absolute atomic E-state index is 12.4. The number of ether oxygens (including phenoxy) is 1. The second-order valence-electron chi connectivity index (χ2n) is 4.72. The highest BCUT2D eigenvalue weighted by Gasteiger charge is 2.25. The van der Waals surface area contributed by atoms with Gasteiger partial charge in [0.05, 0.1) is 16.5 Å². The first-order valence-corrected chi connectivity index (χ1v) is 7.98. The van der Waals surface area contributed by atoms with Crippen LogP contribution in [0.15, 0.2) is 46.2 Å². The van der Waals surface area contributed by atoms with Crippen molar-refractivity contribution in [2.24, 2.45) is 0 Å². The molecule has 2 aromatic rings. The Balaban J connectivity index is 1.99. The molecule has 0 saturated carbocycles. The number of ketones is 1. The van der Waals surface area contributed by atoms with Crippen molar-refractivity contribution >= 4 is 35.2 Å². The number of hydrogen-bond acceptors (Lipinski definition) is 4. The highest BCUT2D eigenvalue weighted by molar-refractivity contribution is 8.04. The Morgan fingerprint density at radius 1 is 1.32 bits per heavy atom. The summed E-state index contributed by atoms with van der Waals surface area (Å²) >= 11 is 7.45. The Labute approximate surface area is 137 Å². The monoisotopic (exact) mass is 332 g/mol. The SMILES string of the molecule is CCOc1cc(C=C2Sc3ccccc3C2=O)cc(Cl)c1O. The lowest BCUT2D eigenvalue weighted by molar-refractivity contribution is 0.104. The number of fused-ring (bicyclic) bond motifs is 1. The molecule has 0 atom stereocenters. The van der Waals surface area contributed by atoms with Crippen molar-refractivity contribution in [3.63, 3.8) is 0 Å².